The van der Waals surface area contributed by atoms with E-state index in [-0.39, 0.29) is 6.10 Å². The van der Waals surface area contributed by atoms with Crippen LogP contribution in [0.3, 0.4) is 0 Å². The lowest BCUT2D eigenvalue weighted by Gasteiger charge is -2.47. The van der Waals surface area contributed by atoms with Crippen LogP contribution in [0.25, 0.3) is 0 Å². The molecule has 2 aliphatic heterocycles. The number of benzene rings is 1. The number of nitrogens with one attached hydrogen (secondary N) is 2. The van der Waals surface area contributed by atoms with Crippen molar-refractivity contribution >= 4 is 5.96 Å². The summed E-state index contributed by atoms with van der Waals surface area (Å²) in [6.07, 6.45) is 6.54. The van der Waals surface area contributed by atoms with Crippen LogP contribution in [0.1, 0.15) is 44.6 Å². The number of aryl methyl sites for hydroxylation is 1. The van der Waals surface area contributed by atoms with Gasteiger partial charge in [-0.15, -0.1) is 0 Å². The zero-order valence-electron chi connectivity index (χ0n) is 16.7. The monoisotopic (exact) mass is 358 g/mol. The van der Waals surface area contributed by atoms with Gasteiger partial charge in [-0.25, -0.2) is 0 Å². The summed E-state index contributed by atoms with van der Waals surface area (Å²) in [5.41, 5.74) is 1.22. The molecule has 3 rings (SSSR count). The van der Waals surface area contributed by atoms with Gasteiger partial charge in [0.2, 0.25) is 0 Å². The summed E-state index contributed by atoms with van der Waals surface area (Å²) < 4.78 is 6.00. The largest absolute Gasteiger partial charge is 0.489 e. The van der Waals surface area contributed by atoms with Crippen molar-refractivity contribution in [3.8, 4) is 5.75 Å². The van der Waals surface area contributed by atoms with Crippen LogP contribution in [0, 0.1) is 6.92 Å². The second-order valence-electron chi connectivity index (χ2n) is 7.91. The van der Waals surface area contributed by atoms with E-state index >= 15 is 0 Å². The van der Waals surface area contributed by atoms with Crippen LogP contribution in [-0.2, 0) is 0 Å². The van der Waals surface area contributed by atoms with Gasteiger partial charge in [0.25, 0.3) is 0 Å². The summed E-state index contributed by atoms with van der Waals surface area (Å²) in [6, 6.07) is 10.2. The highest BCUT2D eigenvalue weighted by atomic mass is 16.5. The lowest BCUT2D eigenvalue weighted by molar-refractivity contribution is 0.0526. The van der Waals surface area contributed by atoms with Gasteiger partial charge in [0.15, 0.2) is 5.96 Å². The van der Waals surface area contributed by atoms with Crippen molar-refractivity contribution < 1.29 is 4.74 Å². The van der Waals surface area contributed by atoms with E-state index in [1.165, 1.54) is 37.7 Å². The Labute approximate surface area is 158 Å². The third-order valence-electron chi connectivity index (χ3n) is 5.79. The van der Waals surface area contributed by atoms with Crippen molar-refractivity contribution in [3.05, 3.63) is 29.8 Å². The molecule has 2 fully saturated rings. The molecule has 144 valence electrons. The fourth-order valence-corrected chi connectivity index (χ4v) is 4.32. The van der Waals surface area contributed by atoms with Crippen LogP contribution in [-0.4, -0.2) is 55.7 Å². The number of guanidine groups is 1. The Hall–Kier alpha value is -1.75. The van der Waals surface area contributed by atoms with E-state index in [2.05, 4.69) is 53.6 Å². The summed E-state index contributed by atoms with van der Waals surface area (Å²) >= 11 is 0. The average Bonchev–Trinajstić information content (AvgIpc) is 2.59. The van der Waals surface area contributed by atoms with E-state index in [1.807, 2.05) is 19.2 Å². The molecule has 5 heteroatoms. The predicted octanol–water partition coefficient (Wildman–Crippen LogP) is 2.94. The Morgan fingerprint density at radius 3 is 2.69 bits per heavy atom. The Bertz CT molecular complexity index is 604. The van der Waals surface area contributed by atoms with E-state index in [4.69, 9.17) is 4.74 Å². The zero-order chi connectivity index (χ0) is 18.5. The highest BCUT2D eigenvalue weighted by Crippen LogP contribution is 2.32. The van der Waals surface area contributed by atoms with Crippen molar-refractivity contribution in [1.29, 1.82) is 0 Å². The first-order valence-corrected chi connectivity index (χ1v) is 9.97. The molecule has 2 aliphatic rings. The van der Waals surface area contributed by atoms with Crippen LogP contribution in [0.2, 0.25) is 0 Å². The van der Waals surface area contributed by atoms with Gasteiger partial charge in [-0.05, 0) is 64.3 Å². The number of rotatable bonds is 5. The third-order valence-corrected chi connectivity index (χ3v) is 5.79. The second kappa shape index (κ2) is 8.76. The molecule has 0 radical (unpaired) electrons. The quantitative estimate of drug-likeness (QED) is 0.628. The maximum atomic E-state index is 6.00. The van der Waals surface area contributed by atoms with Gasteiger partial charge in [0.05, 0.1) is 6.54 Å². The zero-order valence-corrected chi connectivity index (χ0v) is 16.7. The fraction of sp³-hybridized carbons (Fsp3) is 0.667. The van der Waals surface area contributed by atoms with Crippen LogP contribution >= 0.6 is 0 Å². The summed E-state index contributed by atoms with van der Waals surface area (Å²) in [5.74, 6) is 1.81. The topological polar surface area (TPSA) is 48.9 Å². The molecule has 0 spiro atoms. The minimum atomic E-state index is 0.0761. The van der Waals surface area contributed by atoms with E-state index in [9.17, 15) is 0 Å². The van der Waals surface area contributed by atoms with Crippen molar-refractivity contribution in [3.63, 3.8) is 0 Å². The van der Waals surface area contributed by atoms with Gasteiger partial charge >= 0.3 is 0 Å². The van der Waals surface area contributed by atoms with Gasteiger partial charge in [-0.2, -0.15) is 0 Å². The van der Waals surface area contributed by atoms with Gasteiger partial charge in [0, 0.05) is 25.2 Å². The molecule has 0 aliphatic carbocycles. The average molecular weight is 359 g/mol. The molecule has 0 amide bonds. The summed E-state index contributed by atoms with van der Waals surface area (Å²) in [4.78, 5) is 7.01. The van der Waals surface area contributed by atoms with Crippen molar-refractivity contribution in [1.82, 2.24) is 15.5 Å². The Morgan fingerprint density at radius 1 is 1.31 bits per heavy atom. The normalized spacial score (nSPS) is 27.7. The predicted molar refractivity (Wildman–Crippen MR) is 108 cm³/mol. The molecule has 1 aromatic carbocycles. The summed E-state index contributed by atoms with van der Waals surface area (Å²) in [6.45, 7) is 4.90. The number of hydrogen-bond donors (Lipinski definition) is 2. The number of aliphatic imine (C=N–C) groups is 1. The first-order valence-electron chi connectivity index (χ1n) is 9.97. The first-order chi connectivity index (χ1) is 12.5. The maximum absolute atomic E-state index is 6.00. The highest BCUT2D eigenvalue weighted by Gasteiger charge is 2.36. The molecular weight excluding hydrogens is 324 g/mol. The lowest BCUT2D eigenvalue weighted by atomic mass is 9.82. The second-order valence-corrected chi connectivity index (χ2v) is 7.91. The molecule has 2 heterocycles. The molecule has 3 atom stereocenters. The maximum Gasteiger partial charge on any atom is 0.191 e. The minimum absolute atomic E-state index is 0.0761. The van der Waals surface area contributed by atoms with Gasteiger partial charge in [-0.3, -0.25) is 4.99 Å². The van der Waals surface area contributed by atoms with E-state index in [0.29, 0.717) is 6.04 Å². The third kappa shape index (κ3) is 4.91. The summed E-state index contributed by atoms with van der Waals surface area (Å²) in [5, 5.41) is 7.07. The number of nitrogens with zero attached hydrogens (tertiary/aromatic N) is 2. The highest BCUT2D eigenvalue weighted by molar-refractivity contribution is 5.80. The van der Waals surface area contributed by atoms with Crippen molar-refractivity contribution in [2.45, 2.75) is 70.2 Å². The lowest BCUT2D eigenvalue weighted by Crippen LogP contribution is -2.57. The van der Waals surface area contributed by atoms with E-state index in [0.717, 1.165) is 30.3 Å². The van der Waals surface area contributed by atoms with Crippen molar-refractivity contribution in [2.75, 3.05) is 20.6 Å². The molecular formula is C21H34N4O. The number of piperidine rings is 2. The molecule has 2 bridgehead atoms. The molecule has 26 heavy (non-hydrogen) atoms. The fourth-order valence-electron chi connectivity index (χ4n) is 4.32. The smallest absolute Gasteiger partial charge is 0.191 e. The van der Waals surface area contributed by atoms with E-state index in [1.54, 1.807) is 0 Å². The summed E-state index contributed by atoms with van der Waals surface area (Å²) in [7, 11) is 4.14. The molecule has 1 aromatic rings. The molecule has 2 saturated heterocycles. The molecule has 2 N–H and O–H groups in total. The molecule has 0 saturated carbocycles. The Kier molecular flexibility index (Phi) is 6.41. The molecule has 0 aromatic heterocycles. The first kappa shape index (κ1) is 19.0. The number of ether oxygens (including phenoxy) is 1. The van der Waals surface area contributed by atoms with Crippen LogP contribution < -0.4 is 15.4 Å². The molecule has 3 unspecified atom stereocenters. The number of hydrogen-bond acceptors (Lipinski definition) is 3. The SMILES string of the molecule is CN=C(NCC(C)Oc1cccc(C)c1)NC1CC2CCCC(C1)N2C. The van der Waals surface area contributed by atoms with E-state index < -0.39 is 0 Å². The van der Waals surface area contributed by atoms with Gasteiger partial charge < -0.3 is 20.3 Å². The minimum Gasteiger partial charge on any atom is -0.489 e. The van der Waals surface area contributed by atoms with Crippen LogP contribution in [0.5, 0.6) is 5.75 Å². The van der Waals surface area contributed by atoms with Crippen LogP contribution in [0.4, 0.5) is 0 Å². The van der Waals surface area contributed by atoms with Crippen molar-refractivity contribution in [2.24, 2.45) is 4.99 Å². The number of fused-ring (bicyclic) bond motifs is 2. The Balaban J connectivity index is 1.46. The standard InChI is InChI=1S/C21H34N4O/c1-15-7-5-10-20(11-15)26-16(2)14-23-21(22-3)24-17-12-18-8-6-9-19(13-17)25(18)4/h5,7,10-11,16-19H,6,8-9,12-14H2,1-4H3,(H2,22,23,24). The van der Waals surface area contributed by atoms with Crippen LogP contribution in [0.15, 0.2) is 29.3 Å². The molecule has 5 nitrogen and oxygen atoms in total. The van der Waals surface area contributed by atoms with Gasteiger partial charge in [-0.1, -0.05) is 18.6 Å². The van der Waals surface area contributed by atoms with Gasteiger partial charge in [0.1, 0.15) is 11.9 Å². The Morgan fingerprint density at radius 2 is 2.04 bits per heavy atom.